The Hall–Kier alpha value is -1.90. The van der Waals surface area contributed by atoms with Gasteiger partial charge in [0.1, 0.15) is 6.61 Å². The Labute approximate surface area is 148 Å². The van der Waals surface area contributed by atoms with Gasteiger partial charge in [0, 0.05) is 31.7 Å². The molecule has 0 spiro atoms. The molecule has 0 saturated carbocycles. The van der Waals surface area contributed by atoms with Crippen LogP contribution >= 0.6 is 0 Å². The highest BCUT2D eigenvalue weighted by molar-refractivity contribution is 5.48. The van der Waals surface area contributed by atoms with Gasteiger partial charge in [-0.3, -0.25) is 0 Å². The number of rotatable bonds is 14. The van der Waals surface area contributed by atoms with Gasteiger partial charge < -0.3 is 23.4 Å². The lowest BCUT2D eigenvalue weighted by Crippen LogP contribution is -2.33. The lowest BCUT2D eigenvalue weighted by molar-refractivity contribution is 0.0105. The van der Waals surface area contributed by atoms with Crippen LogP contribution in [0.15, 0.2) is 23.4 Å². The Morgan fingerprint density at radius 2 is 1.68 bits per heavy atom. The number of pyridine rings is 1. The van der Waals surface area contributed by atoms with E-state index in [1.165, 1.54) is 0 Å². The van der Waals surface area contributed by atoms with Gasteiger partial charge in [-0.2, -0.15) is 0 Å². The molecule has 0 aliphatic carbocycles. The van der Waals surface area contributed by atoms with Crippen molar-refractivity contribution >= 4 is 5.82 Å². The Morgan fingerprint density at radius 3 is 2.28 bits per heavy atom. The molecule has 0 atom stereocenters. The Balaban J connectivity index is 2.02. The van der Waals surface area contributed by atoms with Crippen LogP contribution in [0.25, 0.3) is 10.4 Å². The molecule has 1 aromatic rings. The van der Waals surface area contributed by atoms with Gasteiger partial charge in [-0.1, -0.05) is 5.11 Å². The molecule has 0 bridgehead atoms. The van der Waals surface area contributed by atoms with Crippen molar-refractivity contribution in [3.8, 4) is 5.75 Å². The van der Waals surface area contributed by atoms with Crippen LogP contribution in [-0.2, 0) is 14.2 Å². The largest absolute Gasteiger partial charge is 0.484 e. The summed E-state index contributed by atoms with van der Waals surface area (Å²) >= 11 is 0. The van der Waals surface area contributed by atoms with E-state index in [1.807, 2.05) is 26.2 Å². The molecule has 0 aromatic carbocycles. The molecule has 1 aromatic heterocycles. The molecule has 0 radical (unpaired) electrons. The van der Waals surface area contributed by atoms with Crippen LogP contribution in [0.1, 0.15) is 0 Å². The number of ether oxygens (including phenoxy) is 4. The van der Waals surface area contributed by atoms with Crippen molar-refractivity contribution in [3.63, 3.8) is 0 Å². The average Bonchev–Trinajstić information content (AvgIpc) is 2.58. The number of hydrogen-bond acceptors (Lipinski definition) is 6. The normalized spacial score (nSPS) is 11.2. The van der Waals surface area contributed by atoms with E-state index in [0.717, 1.165) is 5.82 Å². The summed E-state index contributed by atoms with van der Waals surface area (Å²) in [4.78, 5) is 6.95. The van der Waals surface area contributed by atoms with Crippen LogP contribution in [0.5, 0.6) is 5.75 Å². The molecule has 0 saturated heterocycles. The van der Waals surface area contributed by atoms with Crippen molar-refractivity contribution in [1.29, 1.82) is 0 Å². The highest BCUT2D eigenvalue weighted by Gasteiger charge is 2.15. The van der Waals surface area contributed by atoms with Crippen molar-refractivity contribution in [1.82, 2.24) is 9.47 Å². The third kappa shape index (κ3) is 9.85. The van der Waals surface area contributed by atoms with Crippen molar-refractivity contribution in [2.75, 3.05) is 66.9 Å². The lowest BCUT2D eigenvalue weighted by atomic mass is 10.4. The molecule has 25 heavy (non-hydrogen) atoms. The van der Waals surface area contributed by atoms with E-state index < -0.39 is 0 Å². The summed E-state index contributed by atoms with van der Waals surface area (Å²) in [7, 11) is 7.90. The molecule has 0 fully saturated rings. The van der Waals surface area contributed by atoms with Crippen LogP contribution in [0, 0.1) is 7.05 Å². The number of azide groups is 1. The van der Waals surface area contributed by atoms with E-state index in [2.05, 4.69) is 22.1 Å². The van der Waals surface area contributed by atoms with Gasteiger partial charge in [0.15, 0.2) is 5.75 Å². The van der Waals surface area contributed by atoms with Crippen molar-refractivity contribution in [3.05, 3.63) is 35.8 Å². The summed E-state index contributed by atoms with van der Waals surface area (Å²) in [5.74, 6) is 1.48. The lowest BCUT2D eigenvalue weighted by Gasteiger charge is -2.31. The maximum Gasteiger partial charge on any atom is 0.243 e. The minimum atomic E-state index is 0.336. The topological polar surface area (TPSA) is 98.6 Å². The molecular formula is C16H27N5O4. The number of aromatic nitrogens is 1. The molecule has 9 heteroatoms. The zero-order valence-corrected chi connectivity index (χ0v) is 15.0. The van der Waals surface area contributed by atoms with Gasteiger partial charge in [-0.15, -0.1) is 7.05 Å². The van der Waals surface area contributed by atoms with Crippen LogP contribution in [0.4, 0.5) is 5.82 Å². The fourth-order valence-electron chi connectivity index (χ4n) is 1.85. The molecule has 0 N–H and O–H groups in total. The maximum absolute atomic E-state index is 8.09. The molecule has 0 aliphatic heterocycles. The van der Waals surface area contributed by atoms with Crippen molar-refractivity contribution in [2.45, 2.75) is 0 Å². The molecule has 9 nitrogen and oxygen atoms in total. The van der Waals surface area contributed by atoms with E-state index in [4.69, 9.17) is 24.5 Å². The monoisotopic (exact) mass is 353 g/mol. The third-order valence-electron chi connectivity index (χ3n) is 2.95. The van der Waals surface area contributed by atoms with Gasteiger partial charge in [-0.25, -0.2) is 4.98 Å². The quantitative estimate of drug-likeness (QED) is 0.127. The van der Waals surface area contributed by atoms with Gasteiger partial charge in [0.25, 0.3) is 0 Å². The van der Waals surface area contributed by atoms with E-state index >= 15 is 0 Å². The molecule has 140 valence electrons. The second-order valence-corrected chi connectivity index (χ2v) is 5.65. The smallest absolute Gasteiger partial charge is 0.243 e. The second kappa shape index (κ2) is 12.5. The molecule has 1 heterocycles. The zero-order chi connectivity index (χ0) is 18.4. The van der Waals surface area contributed by atoms with Gasteiger partial charge in [0.2, 0.25) is 5.82 Å². The zero-order valence-electron chi connectivity index (χ0n) is 15.0. The minimum Gasteiger partial charge on any atom is -0.484 e. The first-order valence-electron chi connectivity index (χ1n) is 8.06. The van der Waals surface area contributed by atoms with Gasteiger partial charge in [-0.05, 0) is 17.7 Å². The highest BCUT2D eigenvalue weighted by Crippen LogP contribution is 2.27. The number of quaternary nitrogens is 1. The Morgan fingerprint density at radius 1 is 1.08 bits per heavy atom. The standard InChI is InChI=1S/C16H27N5O4/c1-21(2,3)16-15(5-4-6-18-16)25-14-13-24-12-11-23-10-9-22-8-7-19-20-17/h4-6H,1,7-14H2,2-3H3. The minimum absolute atomic E-state index is 0.336. The van der Waals surface area contributed by atoms with Crippen LogP contribution < -0.4 is 9.22 Å². The predicted octanol–water partition coefficient (Wildman–Crippen LogP) is 2.18. The molecular weight excluding hydrogens is 326 g/mol. The molecule has 1 rings (SSSR count). The number of hydrogen-bond donors (Lipinski definition) is 0. The molecule has 0 aliphatic rings. The summed E-state index contributed by atoms with van der Waals surface area (Å²) in [5.41, 5.74) is 8.09. The van der Waals surface area contributed by atoms with Gasteiger partial charge >= 0.3 is 0 Å². The van der Waals surface area contributed by atoms with Crippen molar-refractivity contribution < 1.29 is 18.9 Å². The first-order valence-corrected chi connectivity index (χ1v) is 8.06. The Kier molecular flexibility index (Phi) is 10.5. The molecule has 0 unspecified atom stereocenters. The van der Waals surface area contributed by atoms with Crippen LogP contribution in [0.3, 0.4) is 0 Å². The molecule has 0 amide bonds. The maximum atomic E-state index is 8.09. The van der Waals surface area contributed by atoms with Crippen LogP contribution in [0.2, 0.25) is 0 Å². The second-order valence-electron chi connectivity index (χ2n) is 5.65. The highest BCUT2D eigenvalue weighted by atomic mass is 16.6. The van der Waals surface area contributed by atoms with Gasteiger partial charge in [0.05, 0.1) is 39.6 Å². The van der Waals surface area contributed by atoms with E-state index in [1.54, 1.807) is 6.20 Å². The predicted molar refractivity (Wildman–Crippen MR) is 95.2 cm³/mol. The van der Waals surface area contributed by atoms with Crippen LogP contribution in [-0.4, -0.2) is 71.9 Å². The SMILES string of the molecule is [CH2-][N+](C)(C)c1ncccc1OCCOCCOCCOCCN=[N+]=[N-]. The fraction of sp³-hybridized carbons (Fsp3) is 0.625. The first kappa shape index (κ1) is 21.1. The van der Waals surface area contributed by atoms with E-state index in [-0.39, 0.29) is 0 Å². The summed E-state index contributed by atoms with van der Waals surface area (Å²) in [5, 5.41) is 3.36. The fourth-order valence-corrected chi connectivity index (χ4v) is 1.85. The number of nitrogens with zero attached hydrogens (tertiary/aromatic N) is 5. The summed E-state index contributed by atoms with van der Waals surface area (Å²) in [6, 6.07) is 3.70. The summed E-state index contributed by atoms with van der Waals surface area (Å²) in [6.07, 6.45) is 1.72. The van der Waals surface area contributed by atoms with E-state index in [0.29, 0.717) is 63.0 Å². The summed E-state index contributed by atoms with van der Waals surface area (Å²) < 4.78 is 22.1. The third-order valence-corrected chi connectivity index (χ3v) is 2.95. The van der Waals surface area contributed by atoms with E-state index in [9.17, 15) is 0 Å². The first-order chi connectivity index (χ1) is 12.1. The Bertz CT molecular complexity index is 530. The summed E-state index contributed by atoms with van der Waals surface area (Å²) in [6.45, 7) is 3.55. The average molecular weight is 353 g/mol. The van der Waals surface area contributed by atoms with Crippen molar-refractivity contribution in [2.24, 2.45) is 5.11 Å².